The molecule has 0 aliphatic carbocycles. The number of carbonyl (C=O) groups is 2. The Labute approximate surface area is 180 Å². The molecule has 0 aromatic heterocycles. The summed E-state index contributed by atoms with van der Waals surface area (Å²) >= 11 is 0. The van der Waals surface area contributed by atoms with E-state index in [9.17, 15) is 19.7 Å². The second-order valence-electron chi connectivity index (χ2n) is 7.37. The molecule has 2 aromatic rings. The number of benzene rings is 2. The minimum atomic E-state index is -0.976. The first kappa shape index (κ1) is 22.2. The molecule has 0 saturated carbocycles. The number of piperazine rings is 1. The second kappa shape index (κ2) is 10.0. The molecule has 0 bridgehead atoms. The lowest BCUT2D eigenvalue weighted by atomic mass is 10.1. The molecule has 3 rings (SSSR count). The largest absolute Gasteiger partial charge is 0.449 e. The van der Waals surface area contributed by atoms with E-state index < -0.39 is 17.0 Å². The van der Waals surface area contributed by atoms with Crippen molar-refractivity contribution in [1.29, 1.82) is 0 Å². The van der Waals surface area contributed by atoms with E-state index in [1.54, 1.807) is 11.9 Å². The molecule has 9 heteroatoms. The third-order valence-electron chi connectivity index (χ3n) is 5.26. The van der Waals surface area contributed by atoms with Crippen LogP contribution in [0.2, 0.25) is 0 Å². The van der Waals surface area contributed by atoms with Gasteiger partial charge in [0, 0.05) is 45.8 Å². The maximum atomic E-state index is 12.7. The maximum absolute atomic E-state index is 12.7. The van der Waals surface area contributed by atoms with Crippen LogP contribution >= 0.6 is 0 Å². The van der Waals surface area contributed by atoms with Crippen LogP contribution in [0.3, 0.4) is 0 Å². The Morgan fingerprint density at radius 2 is 1.81 bits per heavy atom. The number of nitro benzene ring substituents is 1. The van der Waals surface area contributed by atoms with Crippen LogP contribution in [0, 0.1) is 10.1 Å². The van der Waals surface area contributed by atoms with Crippen LogP contribution in [0.4, 0.5) is 11.4 Å². The molecule has 0 radical (unpaired) electrons. The molecular weight excluding hydrogens is 400 g/mol. The Balaban J connectivity index is 1.54. The van der Waals surface area contributed by atoms with E-state index in [1.807, 2.05) is 18.2 Å². The van der Waals surface area contributed by atoms with Gasteiger partial charge in [0.05, 0.1) is 10.5 Å². The topological polar surface area (TPSA) is 105 Å². The summed E-state index contributed by atoms with van der Waals surface area (Å²) in [6.07, 6.45) is -0.976. The Morgan fingerprint density at radius 1 is 1.13 bits per heavy atom. The molecule has 2 aromatic carbocycles. The fourth-order valence-corrected chi connectivity index (χ4v) is 3.53. The number of ether oxygens (including phenoxy) is 1. The highest BCUT2D eigenvalue weighted by molar-refractivity contribution is 5.93. The lowest BCUT2D eigenvalue weighted by Crippen LogP contribution is -2.51. The van der Waals surface area contributed by atoms with Crippen LogP contribution in [0.5, 0.6) is 0 Å². The Bertz CT molecular complexity index is 942. The Hall–Kier alpha value is -3.46. The van der Waals surface area contributed by atoms with Crippen molar-refractivity contribution in [2.45, 2.75) is 19.6 Å². The number of esters is 1. The lowest BCUT2D eigenvalue weighted by Gasteiger charge is -2.35. The fourth-order valence-electron chi connectivity index (χ4n) is 3.53. The zero-order valence-electron chi connectivity index (χ0n) is 17.6. The smallest absolute Gasteiger partial charge is 0.339 e. The van der Waals surface area contributed by atoms with Gasteiger partial charge in [-0.3, -0.25) is 19.8 Å². The van der Waals surface area contributed by atoms with E-state index in [-0.39, 0.29) is 17.2 Å². The number of rotatable bonds is 7. The van der Waals surface area contributed by atoms with Gasteiger partial charge >= 0.3 is 5.97 Å². The molecule has 31 heavy (non-hydrogen) atoms. The van der Waals surface area contributed by atoms with Crippen molar-refractivity contribution in [3.63, 3.8) is 0 Å². The van der Waals surface area contributed by atoms with E-state index in [4.69, 9.17) is 4.74 Å². The number of nitrogens with zero attached hydrogens (tertiary/aromatic N) is 3. The molecule has 1 atom stereocenters. The molecular formula is C22H26N4O5. The van der Waals surface area contributed by atoms with Crippen molar-refractivity contribution in [1.82, 2.24) is 9.80 Å². The van der Waals surface area contributed by atoms with E-state index in [0.29, 0.717) is 18.8 Å². The molecule has 1 amide bonds. The van der Waals surface area contributed by atoms with Gasteiger partial charge in [0.2, 0.25) is 0 Å². The molecule has 164 valence electrons. The zero-order chi connectivity index (χ0) is 22.4. The first-order valence-electron chi connectivity index (χ1n) is 10.1. The van der Waals surface area contributed by atoms with Crippen molar-refractivity contribution in [2.75, 3.05) is 38.5 Å². The van der Waals surface area contributed by atoms with Gasteiger partial charge in [0.25, 0.3) is 11.6 Å². The van der Waals surface area contributed by atoms with Gasteiger partial charge in [0.15, 0.2) is 6.10 Å². The van der Waals surface area contributed by atoms with Crippen LogP contribution in [0.25, 0.3) is 0 Å². The quantitative estimate of drug-likeness (QED) is 0.412. The Morgan fingerprint density at radius 3 is 2.42 bits per heavy atom. The molecule has 1 saturated heterocycles. The summed E-state index contributed by atoms with van der Waals surface area (Å²) in [5.74, 6) is -1.04. The SMILES string of the molecule is CNc1ccc(C(=O)O[C@H](C)C(=O)N2CCN(Cc3ccccc3)CC2)cc1[N+](=O)[O-]. The van der Waals surface area contributed by atoms with Gasteiger partial charge in [-0.2, -0.15) is 0 Å². The molecule has 1 fully saturated rings. The van der Waals surface area contributed by atoms with Crippen LogP contribution < -0.4 is 5.32 Å². The predicted molar refractivity (Wildman–Crippen MR) is 116 cm³/mol. The molecule has 1 aliphatic heterocycles. The summed E-state index contributed by atoms with van der Waals surface area (Å²) in [7, 11) is 1.56. The number of hydrogen-bond acceptors (Lipinski definition) is 7. The van der Waals surface area contributed by atoms with Crippen molar-refractivity contribution in [3.05, 3.63) is 69.8 Å². The molecule has 0 spiro atoms. The summed E-state index contributed by atoms with van der Waals surface area (Å²) in [5, 5.41) is 13.9. The molecule has 1 heterocycles. The molecule has 1 aliphatic rings. The highest BCUT2D eigenvalue weighted by atomic mass is 16.6. The minimum Gasteiger partial charge on any atom is -0.449 e. The van der Waals surface area contributed by atoms with Crippen molar-refractivity contribution < 1.29 is 19.2 Å². The average Bonchev–Trinajstić information content (AvgIpc) is 2.79. The number of amides is 1. The number of anilines is 1. The standard InChI is InChI=1S/C22H26N4O5/c1-16(31-22(28)18-8-9-19(23-2)20(14-18)26(29)30)21(27)25-12-10-24(11-13-25)15-17-6-4-3-5-7-17/h3-9,14,16,23H,10-13,15H2,1-2H3/t16-/m1/s1. The second-order valence-corrected chi connectivity index (χ2v) is 7.37. The number of hydrogen-bond donors (Lipinski definition) is 1. The van der Waals surface area contributed by atoms with Crippen LogP contribution in [-0.4, -0.2) is 65.9 Å². The number of nitro groups is 1. The first-order valence-corrected chi connectivity index (χ1v) is 10.1. The average molecular weight is 426 g/mol. The fraction of sp³-hybridized carbons (Fsp3) is 0.364. The third kappa shape index (κ3) is 5.58. The first-order chi connectivity index (χ1) is 14.9. The number of carbonyl (C=O) groups excluding carboxylic acids is 2. The number of nitrogens with one attached hydrogen (secondary N) is 1. The Kier molecular flexibility index (Phi) is 7.19. The van der Waals surface area contributed by atoms with E-state index in [1.165, 1.54) is 24.6 Å². The predicted octanol–water partition coefficient (Wildman–Crippen LogP) is 2.53. The van der Waals surface area contributed by atoms with Gasteiger partial charge in [-0.25, -0.2) is 4.79 Å². The highest BCUT2D eigenvalue weighted by Gasteiger charge is 2.28. The summed E-state index contributed by atoms with van der Waals surface area (Å²) in [6, 6.07) is 14.2. The van der Waals surface area contributed by atoms with Crippen LogP contribution in [0.15, 0.2) is 48.5 Å². The van der Waals surface area contributed by atoms with Gasteiger partial charge in [-0.1, -0.05) is 30.3 Å². The minimum absolute atomic E-state index is 0.0260. The van der Waals surface area contributed by atoms with Gasteiger partial charge in [-0.15, -0.1) is 0 Å². The lowest BCUT2D eigenvalue weighted by molar-refractivity contribution is -0.384. The van der Waals surface area contributed by atoms with Crippen LogP contribution in [-0.2, 0) is 16.1 Å². The monoisotopic (exact) mass is 426 g/mol. The third-order valence-corrected chi connectivity index (χ3v) is 5.26. The van der Waals surface area contributed by atoms with E-state index in [2.05, 4.69) is 22.3 Å². The van der Waals surface area contributed by atoms with Crippen molar-refractivity contribution >= 4 is 23.3 Å². The molecule has 1 N–H and O–H groups in total. The highest BCUT2D eigenvalue weighted by Crippen LogP contribution is 2.25. The van der Waals surface area contributed by atoms with Gasteiger partial charge in [-0.05, 0) is 24.6 Å². The maximum Gasteiger partial charge on any atom is 0.339 e. The summed E-state index contributed by atoms with van der Waals surface area (Å²) in [6.45, 7) is 4.92. The van der Waals surface area contributed by atoms with Gasteiger partial charge < -0.3 is 15.0 Å². The molecule has 9 nitrogen and oxygen atoms in total. The zero-order valence-corrected chi connectivity index (χ0v) is 17.6. The normalized spacial score (nSPS) is 15.2. The van der Waals surface area contributed by atoms with E-state index >= 15 is 0 Å². The van der Waals surface area contributed by atoms with Crippen molar-refractivity contribution in [2.24, 2.45) is 0 Å². The van der Waals surface area contributed by atoms with Crippen molar-refractivity contribution in [3.8, 4) is 0 Å². The molecule has 0 unspecified atom stereocenters. The summed E-state index contributed by atoms with van der Waals surface area (Å²) < 4.78 is 5.30. The summed E-state index contributed by atoms with van der Waals surface area (Å²) in [5.41, 5.74) is 1.31. The van der Waals surface area contributed by atoms with Crippen LogP contribution in [0.1, 0.15) is 22.8 Å². The van der Waals surface area contributed by atoms with E-state index in [0.717, 1.165) is 25.7 Å². The summed E-state index contributed by atoms with van der Waals surface area (Å²) in [4.78, 5) is 39.7. The van der Waals surface area contributed by atoms with Gasteiger partial charge in [0.1, 0.15) is 5.69 Å².